The Kier molecular flexibility index (Phi) is 5.43. The Bertz CT molecular complexity index is 1050. The van der Waals surface area contributed by atoms with Crippen LogP contribution in [0.4, 0.5) is 0 Å². The highest BCUT2D eigenvalue weighted by molar-refractivity contribution is 6.00. The third kappa shape index (κ3) is 3.93. The second-order valence-corrected chi connectivity index (χ2v) is 7.78. The van der Waals surface area contributed by atoms with Crippen molar-refractivity contribution in [3.05, 3.63) is 59.9 Å². The maximum atomic E-state index is 12.7. The molecular weight excluding hydrogens is 362 g/mol. The number of nitrogens with zero attached hydrogens (tertiary/aromatic N) is 1. The van der Waals surface area contributed by atoms with Crippen LogP contribution in [0.15, 0.2) is 53.2 Å². The van der Waals surface area contributed by atoms with E-state index in [2.05, 4.69) is 37.3 Å². The molecule has 1 aromatic heterocycles. The average Bonchev–Trinajstić information content (AvgIpc) is 3.16. The smallest absolute Gasteiger partial charge is 0.246 e. The molecule has 0 radical (unpaired) electrons. The van der Waals surface area contributed by atoms with E-state index in [9.17, 15) is 4.79 Å². The van der Waals surface area contributed by atoms with E-state index in [0.717, 1.165) is 59.2 Å². The van der Waals surface area contributed by atoms with E-state index in [-0.39, 0.29) is 5.91 Å². The molecule has 4 heteroatoms. The number of hydrogen-bond acceptors (Lipinski definition) is 3. The van der Waals surface area contributed by atoms with E-state index in [1.807, 2.05) is 17.9 Å². The summed E-state index contributed by atoms with van der Waals surface area (Å²) in [5.74, 6) is 0.790. The van der Waals surface area contributed by atoms with Gasteiger partial charge < -0.3 is 14.1 Å². The van der Waals surface area contributed by atoms with E-state index in [0.29, 0.717) is 5.75 Å². The first-order chi connectivity index (χ1) is 14.1. The number of aryl methyl sites for hydroxylation is 1. The standard InChI is InChI=1S/C25H27NO3/c1-17-7-9-19(10-8-17)22-16-29-24-15-23(28-3)20(14-21(22)24)18(2)13-25(27)26-11-5-4-6-12-26/h7-10,13-16H,4-6,11-12H2,1-3H3/b18-13+. The van der Waals surface area contributed by atoms with Crippen LogP contribution in [0.2, 0.25) is 0 Å². The van der Waals surface area contributed by atoms with Crippen LogP contribution in [0.3, 0.4) is 0 Å². The fourth-order valence-corrected chi connectivity index (χ4v) is 3.96. The average molecular weight is 389 g/mol. The second kappa shape index (κ2) is 8.16. The Morgan fingerprint density at radius 1 is 1.10 bits per heavy atom. The highest BCUT2D eigenvalue weighted by atomic mass is 16.5. The summed E-state index contributed by atoms with van der Waals surface area (Å²) in [5, 5.41) is 1.02. The summed E-state index contributed by atoms with van der Waals surface area (Å²) in [6, 6.07) is 12.4. The number of methoxy groups -OCH3 is 1. The van der Waals surface area contributed by atoms with Crippen LogP contribution >= 0.6 is 0 Å². The minimum absolute atomic E-state index is 0.0790. The van der Waals surface area contributed by atoms with Gasteiger partial charge in [0.25, 0.3) is 0 Å². The minimum atomic E-state index is 0.0790. The lowest BCUT2D eigenvalue weighted by atomic mass is 9.98. The van der Waals surface area contributed by atoms with Crippen LogP contribution in [-0.4, -0.2) is 31.0 Å². The van der Waals surface area contributed by atoms with Gasteiger partial charge in [-0.25, -0.2) is 0 Å². The lowest BCUT2D eigenvalue weighted by molar-refractivity contribution is -0.126. The van der Waals surface area contributed by atoms with Crippen molar-refractivity contribution in [2.45, 2.75) is 33.1 Å². The summed E-state index contributed by atoms with van der Waals surface area (Å²) in [4.78, 5) is 14.6. The Balaban J connectivity index is 1.74. The molecule has 1 fully saturated rings. The molecule has 2 heterocycles. The van der Waals surface area contributed by atoms with Gasteiger partial charge in [-0.3, -0.25) is 4.79 Å². The van der Waals surface area contributed by atoms with Gasteiger partial charge in [0.05, 0.1) is 13.4 Å². The third-order valence-electron chi connectivity index (χ3n) is 5.69. The predicted octanol–water partition coefficient (Wildman–Crippen LogP) is 5.83. The van der Waals surface area contributed by atoms with Crippen molar-refractivity contribution in [1.82, 2.24) is 4.90 Å². The molecule has 2 aromatic carbocycles. The number of allylic oxidation sites excluding steroid dienone is 1. The lowest BCUT2D eigenvalue weighted by Gasteiger charge is -2.25. The number of likely N-dealkylation sites (tertiary alicyclic amines) is 1. The van der Waals surface area contributed by atoms with Gasteiger partial charge in [-0.1, -0.05) is 29.8 Å². The highest BCUT2D eigenvalue weighted by Crippen LogP contribution is 2.37. The molecule has 0 N–H and O–H groups in total. The highest BCUT2D eigenvalue weighted by Gasteiger charge is 2.18. The quantitative estimate of drug-likeness (QED) is 0.527. The SMILES string of the molecule is COc1cc2occ(-c3ccc(C)cc3)c2cc1/C(C)=C/C(=O)N1CCCCC1. The molecule has 0 spiro atoms. The van der Waals surface area contributed by atoms with Crippen molar-refractivity contribution < 1.29 is 13.9 Å². The fourth-order valence-electron chi connectivity index (χ4n) is 3.96. The van der Waals surface area contributed by atoms with Crippen LogP contribution in [0.5, 0.6) is 5.75 Å². The molecule has 1 amide bonds. The molecule has 1 saturated heterocycles. The van der Waals surface area contributed by atoms with Crippen molar-refractivity contribution in [1.29, 1.82) is 0 Å². The summed E-state index contributed by atoms with van der Waals surface area (Å²) in [6.45, 7) is 5.74. The van der Waals surface area contributed by atoms with E-state index in [1.165, 1.54) is 12.0 Å². The first-order valence-corrected chi connectivity index (χ1v) is 10.2. The second-order valence-electron chi connectivity index (χ2n) is 7.78. The number of ether oxygens (including phenoxy) is 1. The number of rotatable bonds is 4. The van der Waals surface area contributed by atoms with Crippen molar-refractivity contribution in [3.8, 4) is 16.9 Å². The molecule has 1 aliphatic rings. The van der Waals surface area contributed by atoms with Crippen molar-refractivity contribution >= 4 is 22.4 Å². The summed E-state index contributed by atoms with van der Waals surface area (Å²) in [5.41, 5.74) is 5.96. The molecule has 150 valence electrons. The number of carbonyl (C=O) groups is 1. The molecule has 29 heavy (non-hydrogen) atoms. The Hall–Kier alpha value is -3.01. The van der Waals surface area contributed by atoms with Crippen LogP contribution in [0.1, 0.15) is 37.3 Å². The van der Waals surface area contributed by atoms with Crippen LogP contribution in [0.25, 0.3) is 27.7 Å². The number of furan rings is 1. The normalized spacial score (nSPS) is 15.0. The maximum absolute atomic E-state index is 12.7. The minimum Gasteiger partial charge on any atom is -0.496 e. The van der Waals surface area contributed by atoms with Gasteiger partial charge in [0, 0.05) is 41.7 Å². The number of piperidine rings is 1. The first kappa shape index (κ1) is 19.3. The van der Waals surface area contributed by atoms with E-state index in [1.54, 1.807) is 19.4 Å². The van der Waals surface area contributed by atoms with E-state index in [4.69, 9.17) is 9.15 Å². The number of amides is 1. The summed E-state index contributed by atoms with van der Waals surface area (Å²) in [7, 11) is 1.65. The fraction of sp³-hybridized carbons (Fsp3) is 0.320. The van der Waals surface area contributed by atoms with E-state index >= 15 is 0 Å². The number of hydrogen-bond donors (Lipinski definition) is 0. The maximum Gasteiger partial charge on any atom is 0.246 e. The molecular formula is C25H27NO3. The largest absolute Gasteiger partial charge is 0.496 e. The zero-order valence-electron chi connectivity index (χ0n) is 17.3. The van der Waals surface area contributed by atoms with Crippen LogP contribution < -0.4 is 4.74 Å². The molecule has 0 saturated carbocycles. The van der Waals surface area contributed by atoms with Gasteiger partial charge in [0.2, 0.25) is 5.91 Å². The zero-order valence-corrected chi connectivity index (χ0v) is 17.3. The van der Waals surface area contributed by atoms with E-state index < -0.39 is 0 Å². The van der Waals surface area contributed by atoms with Crippen molar-refractivity contribution in [2.24, 2.45) is 0 Å². The van der Waals surface area contributed by atoms with Crippen LogP contribution in [0, 0.1) is 6.92 Å². The Labute approximate surface area is 171 Å². The van der Waals surface area contributed by atoms with Gasteiger partial charge in [0.1, 0.15) is 11.3 Å². The Morgan fingerprint density at radius 2 is 1.83 bits per heavy atom. The van der Waals surface area contributed by atoms with Crippen molar-refractivity contribution in [3.63, 3.8) is 0 Å². The van der Waals surface area contributed by atoms with Gasteiger partial charge in [0.15, 0.2) is 0 Å². The molecule has 0 aliphatic carbocycles. The van der Waals surface area contributed by atoms with Gasteiger partial charge >= 0.3 is 0 Å². The molecule has 4 rings (SSSR count). The molecule has 0 unspecified atom stereocenters. The van der Waals surface area contributed by atoms with Gasteiger partial charge in [-0.15, -0.1) is 0 Å². The topological polar surface area (TPSA) is 42.7 Å². The monoisotopic (exact) mass is 389 g/mol. The van der Waals surface area contributed by atoms with Crippen molar-refractivity contribution in [2.75, 3.05) is 20.2 Å². The van der Waals surface area contributed by atoms with Gasteiger partial charge in [-0.2, -0.15) is 0 Å². The summed E-state index contributed by atoms with van der Waals surface area (Å²) < 4.78 is 11.4. The van der Waals surface area contributed by atoms with Crippen LogP contribution in [-0.2, 0) is 4.79 Å². The number of carbonyl (C=O) groups excluding carboxylic acids is 1. The molecule has 0 atom stereocenters. The number of fused-ring (bicyclic) bond motifs is 1. The molecule has 0 bridgehead atoms. The molecule has 1 aliphatic heterocycles. The number of benzene rings is 2. The van der Waals surface area contributed by atoms with Gasteiger partial charge in [-0.05, 0) is 50.3 Å². The summed E-state index contributed by atoms with van der Waals surface area (Å²) in [6.07, 6.45) is 6.90. The first-order valence-electron chi connectivity index (χ1n) is 10.2. The predicted molar refractivity (Wildman–Crippen MR) is 117 cm³/mol. The molecule has 4 nitrogen and oxygen atoms in total. The molecule has 3 aromatic rings. The Morgan fingerprint density at radius 3 is 2.52 bits per heavy atom. The summed E-state index contributed by atoms with van der Waals surface area (Å²) >= 11 is 0. The third-order valence-corrected chi connectivity index (χ3v) is 5.69. The lowest BCUT2D eigenvalue weighted by Crippen LogP contribution is -2.34. The zero-order chi connectivity index (χ0) is 20.4.